The maximum atomic E-state index is 11.9. The number of urea groups is 1. The van der Waals surface area contributed by atoms with Crippen LogP contribution in [0.1, 0.15) is 5.89 Å². The van der Waals surface area contributed by atoms with Crippen molar-refractivity contribution in [3.05, 3.63) is 30.2 Å². The number of benzene rings is 1. The Morgan fingerprint density at radius 3 is 2.95 bits per heavy atom. The molecule has 1 N–H and O–H groups in total. The highest BCUT2D eigenvalue weighted by atomic mass is 32.2. The molecule has 1 aromatic carbocycles. The fraction of sp³-hybridized carbons (Fsp3) is 0.429. The van der Waals surface area contributed by atoms with Gasteiger partial charge in [0, 0.05) is 37.6 Å². The van der Waals surface area contributed by atoms with E-state index in [9.17, 15) is 4.79 Å². The Bertz CT molecular complexity index is 560. The number of rotatable bonds is 3. The van der Waals surface area contributed by atoms with Gasteiger partial charge in [0.15, 0.2) is 11.5 Å². The smallest absolute Gasteiger partial charge is 0.317 e. The van der Waals surface area contributed by atoms with Crippen LogP contribution in [0.4, 0.5) is 4.79 Å². The molecule has 20 heavy (non-hydrogen) atoms. The molecule has 3 rings (SSSR count). The summed E-state index contributed by atoms with van der Waals surface area (Å²) in [5.74, 6) is 2.72. The third-order valence-electron chi connectivity index (χ3n) is 3.25. The van der Waals surface area contributed by atoms with Gasteiger partial charge in [-0.1, -0.05) is 12.1 Å². The number of oxazole rings is 1. The van der Waals surface area contributed by atoms with E-state index >= 15 is 0 Å². The number of thioether (sulfide) groups is 1. The van der Waals surface area contributed by atoms with Crippen LogP contribution in [-0.4, -0.2) is 47.1 Å². The number of para-hydroxylation sites is 2. The zero-order valence-corrected chi connectivity index (χ0v) is 12.0. The molecule has 0 atom stereocenters. The summed E-state index contributed by atoms with van der Waals surface area (Å²) >= 11 is 1.89. The third-order valence-corrected chi connectivity index (χ3v) is 4.19. The van der Waals surface area contributed by atoms with Gasteiger partial charge in [-0.25, -0.2) is 9.78 Å². The van der Waals surface area contributed by atoms with Crippen LogP contribution in [-0.2, 0) is 6.42 Å². The van der Waals surface area contributed by atoms with E-state index in [1.54, 1.807) is 0 Å². The van der Waals surface area contributed by atoms with Crippen molar-refractivity contribution in [1.82, 2.24) is 15.2 Å². The molecule has 1 saturated heterocycles. The van der Waals surface area contributed by atoms with E-state index in [0.29, 0.717) is 18.9 Å². The van der Waals surface area contributed by atoms with Gasteiger partial charge < -0.3 is 14.6 Å². The molecule has 0 aliphatic carbocycles. The maximum absolute atomic E-state index is 11.9. The molecule has 0 radical (unpaired) electrons. The number of nitrogens with zero attached hydrogens (tertiary/aromatic N) is 2. The summed E-state index contributed by atoms with van der Waals surface area (Å²) in [6.07, 6.45) is 0.614. The minimum Gasteiger partial charge on any atom is -0.441 e. The summed E-state index contributed by atoms with van der Waals surface area (Å²) in [6, 6.07) is 7.70. The molecular weight excluding hydrogens is 274 g/mol. The molecule has 1 fully saturated rings. The van der Waals surface area contributed by atoms with Gasteiger partial charge in [-0.2, -0.15) is 11.8 Å². The van der Waals surface area contributed by atoms with Crippen LogP contribution in [0.15, 0.2) is 28.7 Å². The lowest BCUT2D eigenvalue weighted by Gasteiger charge is -2.26. The predicted molar refractivity (Wildman–Crippen MR) is 80.0 cm³/mol. The van der Waals surface area contributed by atoms with Crippen molar-refractivity contribution in [2.24, 2.45) is 0 Å². The third kappa shape index (κ3) is 3.07. The van der Waals surface area contributed by atoms with Crippen LogP contribution in [0, 0.1) is 0 Å². The van der Waals surface area contributed by atoms with Crippen LogP contribution in [0.5, 0.6) is 0 Å². The highest BCUT2D eigenvalue weighted by Crippen LogP contribution is 2.14. The van der Waals surface area contributed by atoms with Crippen LogP contribution in [0.3, 0.4) is 0 Å². The van der Waals surface area contributed by atoms with Crippen molar-refractivity contribution in [2.45, 2.75) is 6.42 Å². The van der Waals surface area contributed by atoms with E-state index in [1.807, 2.05) is 40.9 Å². The molecule has 0 unspecified atom stereocenters. The lowest BCUT2D eigenvalue weighted by atomic mass is 10.3. The Labute approximate surface area is 121 Å². The zero-order chi connectivity index (χ0) is 13.8. The van der Waals surface area contributed by atoms with E-state index in [1.165, 1.54) is 0 Å². The Morgan fingerprint density at radius 1 is 1.35 bits per heavy atom. The van der Waals surface area contributed by atoms with Gasteiger partial charge in [0.25, 0.3) is 0 Å². The zero-order valence-electron chi connectivity index (χ0n) is 11.2. The van der Waals surface area contributed by atoms with Crippen molar-refractivity contribution < 1.29 is 9.21 Å². The molecule has 0 bridgehead atoms. The monoisotopic (exact) mass is 291 g/mol. The van der Waals surface area contributed by atoms with Gasteiger partial charge in [0.2, 0.25) is 0 Å². The number of fused-ring (bicyclic) bond motifs is 1. The molecule has 2 heterocycles. The van der Waals surface area contributed by atoms with Crippen LogP contribution in [0.25, 0.3) is 11.1 Å². The summed E-state index contributed by atoms with van der Waals surface area (Å²) in [4.78, 5) is 18.2. The van der Waals surface area contributed by atoms with E-state index < -0.39 is 0 Å². The molecule has 106 valence electrons. The molecule has 1 aliphatic heterocycles. The molecule has 2 aromatic rings. The Kier molecular flexibility index (Phi) is 4.11. The van der Waals surface area contributed by atoms with Crippen molar-refractivity contribution >= 4 is 28.9 Å². The van der Waals surface area contributed by atoms with E-state index in [-0.39, 0.29) is 6.03 Å². The number of carbonyl (C=O) groups excluding carboxylic acids is 1. The summed E-state index contributed by atoms with van der Waals surface area (Å²) in [7, 11) is 0. The molecule has 1 aliphatic rings. The van der Waals surface area contributed by atoms with Crippen molar-refractivity contribution in [1.29, 1.82) is 0 Å². The number of carbonyl (C=O) groups is 1. The number of hydrogen-bond donors (Lipinski definition) is 1. The van der Waals surface area contributed by atoms with Gasteiger partial charge >= 0.3 is 6.03 Å². The Morgan fingerprint density at radius 2 is 2.15 bits per heavy atom. The maximum Gasteiger partial charge on any atom is 0.317 e. The SMILES string of the molecule is O=C(NCCc1nc2ccccc2o1)N1CCSCC1. The summed E-state index contributed by atoms with van der Waals surface area (Å²) in [6.45, 7) is 2.22. The van der Waals surface area contributed by atoms with Crippen molar-refractivity contribution in [3.8, 4) is 0 Å². The van der Waals surface area contributed by atoms with E-state index in [0.717, 1.165) is 35.7 Å². The standard InChI is InChI=1S/C14H17N3O2S/c18-14(17-7-9-20-10-8-17)15-6-5-13-16-11-3-1-2-4-12(11)19-13/h1-4H,5-10H2,(H,15,18). The highest BCUT2D eigenvalue weighted by molar-refractivity contribution is 7.99. The molecule has 5 nitrogen and oxygen atoms in total. The fourth-order valence-corrected chi connectivity index (χ4v) is 3.08. The topological polar surface area (TPSA) is 58.4 Å². The van der Waals surface area contributed by atoms with Crippen LogP contribution >= 0.6 is 11.8 Å². The Hall–Kier alpha value is -1.69. The number of aromatic nitrogens is 1. The normalized spacial score (nSPS) is 15.5. The largest absolute Gasteiger partial charge is 0.441 e. The first-order valence-corrected chi connectivity index (χ1v) is 7.93. The van der Waals surface area contributed by atoms with Gasteiger partial charge in [-0.15, -0.1) is 0 Å². The predicted octanol–water partition coefficient (Wildman–Crippen LogP) is 2.13. The van der Waals surface area contributed by atoms with Crippen LogP contribution in [0.2, 0.25) is 0 Å². The first-order valence-electron chi connectivity index (χ1n) is 6.78. The Balaban J connectivity index is 1.50. The highest BCUT2D eigenvalue weighted by Gasteiger charge is 2.16. The quantitative estimate of drug-likeness (QED) is 0.941. The lowest BCUT2D eigenvalue weighted by molar-refractivity contribution is 0.203. The minimum atomic E-state index is 0.0152. The second-order valence-corrected chi connectivity index (χ2v) is 5.88. The van der Waals surface area contributed by atoms with Gasteiger partial charge in [0.1, 0.15) is 5.52 Å². The fourth-order valence-electron chi connectivity index (χ4n) is 2.18. The summed E-state index contributed by atoms with van der Waals surface area (Å²) in [5, 5.41) is 2.92. The van der Waals surface area contributed by atoms with Crippen molar-refractivity contribution in [2.75, 3.05) is 31.1 Å². The molecule has 1 aromatic heterocycles. The summed E-state index contributed by atoms with van der Waals surface area (Å²) < 4.78 is 5.62. The number of hydrogen-bond acceptors (Lipinski definition) is 4. The average Bonchev–Trinajstić information content (AvgIpc) is 2.90. The molecule has 6 heteroatoms. The first-order chi connectivity index (χ1) is 9.83. The molecule has 2 amide bonds. The van der Waals surface area contributed by atoms with Gasteiger partial charge in [-0.05, 0) is 12.1 Å². The van der Waals surface area contributed by atoms with Gasteiger partial charge in [-0.3, -0.25) is 0 Å². The van der Waals surface area contributed by atoms with Gasteiger partial charge in [0.05, 0.1) is 0 Å². The summed E-state index contributed by atoms with van der Waals surface area (Å²) in [5.41, 5.74) is 1.66. The lowest BCUT2D eigenvalue weighted by Crippen LogP contribution is -2.44. The second kappa shape index (κ2) is 6.17. The number of amides is 2. The van der Waals surface area contributed by atoms with E-state index in [2.05, 4.69) is 10.3 Å². The van der Waals surface area contributed by atoms with E-state index in [4.69, 9.17) is 4.42 Å². The number of nitrogens with one attached hydrogen (secondary N) is 1. The molecular formula is C14H17N3O2S. The second-order valence-electron chi connectivity index (χ2n) is 4.66. The average molecular weight is 291 g/mol. The molecule has 0 saturated carbocycles. The first kappa shape index (κ1) is 13.3. The van der Waals surface area contributed by atoms with Crippen molar-refractivity contribution in [3.63, 3.8) is 0 Å². The van der Waals surface area contributed by atoms with Crippen LogP contribution < -0.4 is 5.32 Å². The minimum absolute atomic E-state index is 0.0152. The molecule has 0 spiro atoms.